The fourth-order valence-electron chi connectivity index (χ4n) is 5.07. The number of esters is 1. The Morgan fingerprint density at radius 1 is 1.18 bits per heavy atom. The molecule has 1 aromatic carbocycles. The minimum absolute atomic E-state index is 0.00468. The summed E-state index contributed by atoms with van der Waals surface area (Å²) in [6.07, 6.45) is 4.38. The van der Waals surface area contributed by atoms with Gasteiger partial charge in [-0.15, -0.1) is 0 Å². The molecule has 1 aromatic heterocycles. The first-order valence-electron chi connectivity index (χ1n) is 12.6. The Morgan fingerprint density at radius 3 is 2.76 bits per heavy atom. The zero-order chi connectivity index (χ0) is 23.9. The maximum atomic E-state index is 13.8. The fraction of sp³-hybridized carbons (Fsp3) is 0.519. The van der Waals surface area contributed by atoms with Crippen LogP contribution < -0.4 is 10.2 Å². The van der Waals surface area contributed by atoms with E-state index in [2.05, 4.69) is 35.3 Å². The zero-order valence-electron chi connectivity index (χ0n) is 20.3. The highest BCUT2D eigenvalue weighted by Gasteiger charge is 2.36. The second kappa shape index (κ2) is 11.5. The lowest BCUT2D eigenvalue weighted by atomic mass is 9.86. The molecule has 2 atom stereocenters. The predicted molar refractivity (Wildman–Crippen MR) is 134 cm³/mol. The summed E-state index contributed by atoms with van der Waals surface area (Å²) in [5.41, 5.74) is 2.35. The number of amides is 1. The Morgan fingerprint density at radius 2 is 2.00 bits per heavy atom. The molecule has 1 saturated heterocycles. The Bertz CT molecular complexity index is 981. The van der Waals surface area contributed by atoms with Crippen LogP contribution in [-0.2, 0) is 20.7 Å². The van der Waals surface area contributed by atoms with Gasteiger partial charge in [-0.25, -0.2) is 4.98 Å². The number of aryl methyl sites for hydroxylation is 1. The van der Waals surface area contributed by atoms with Crippen LogP contribution in [0, 0.1) is 5.92 Å². The van der Waals surface area contributed by atoms with E-state index < -0.39 is 0 Å². The van der Waals surface area contributed by atoms with Gasteiger partial charge >= 0.3 is 5.97 Å². The highest BCUT2D eigenvalue weighted by molar-refractivity contribution is 5.94. The Kier molecular flexibility index (Phi) is 8.16. The number of piperidine rings is 1. The third-order valence-corrected chi connectivity index (χ3v) is 6.75. The topological polar surface area (TPSA) is 74.8 Å². The summed E-state index contributed by atoms with van der Waals surface area (Å²) >= 11 is 0. The lowest BCUT2D eigenvalue weighted by Gasteiger charge is -2.40. The molecule has 2 aromatic rings. The van der Waals surface area contributed by atoms with E-state index in [0.717, 1.165) is 43.0 Å². The van der Waals surface area contributed by atoms with E-state index in [1.54, 1.807) is 0 Å². The first kappa shape index (κ1) is 24.2. The van der Waals surface area contributed by atoms with Crippen LogP contribution in [0.5, 0.6) is 0 Å². The van der Waals surface area contributed by atoms with Gasteiger partial charge in [0.25, 0.3) is 0 Å². The van der Waals surface area contributed by atoms with Gasteiger partial charge < -0.3 is 10.1 Å². The van der Waals surface area contributed by atoms with E-state index in [9.17, 15) is 9.59 Å². The monoisotopic (exact) mass is 464 g/mol. The number of fused-ring (bicyclic) bond motifs is 1. The number of likely N-dealkylation sites (tertiary alicyclic amines) is 1. The number of hydrogen-bond donors (Lipinski definition) is 1. The number of hydrogen-bond acceptors (Lipinski definition) is 6. The molecular formula is C27H36N4O3. The van der Waals surface area contributed by atoms with Crippen molar-refractivity contribution >= 4 is 23.5 Å². The number of benzene rings is 1. The number of pyridine rings is 1. The Labute approximate surface area is 202 Å². The summed E-state index contributed by atoms with van der Waals surface area (Å²) in [7, 11) is 0. The van der Waals surface area contributed by atoms with Gasteiger partial charge in [0, 0.05) is 31.6 Å². The highest BCUT2D eigenvalue weighted by Crippen LogP contribution is 2.36. The number of carbonyl (C=O) groups is 2. The van der Waals surface area contributed by atoms with Gasteiger partial charge in [-0.05, 0) is 56.2 Å². The number of nitrogens with one attached hydrogen (secondary N) is 1. The first-order valence-corrected chi connectivity index (χ1v) is 12.6. The molecular weight excluding hydrogens is 428 g/mol. The van der Waals surface area contributed by atoms with Crippen molar-refractivity contribution in [3.8, 4) is 0 Å². The van der Waals surface area contributed by atoms with E-state index in [0.29, 0.717) is 32.5 Å². The van der Waals surface area contributed by atoms with Crippen molar-refractivity contribution in [3.63, 3.8) is 0 Å². The quantitative estimate of drug-likeness (QED) is 0.590. The lowest BCUT2D eigenvalue weighted by Crippen LogP contribution is -2.46. The van der Waals surface area contributed by atoms with Crippen molar-refractivity contribution in [3.05, 3.63) is 53.6 Å². The van der Waals surface area contributed by atoms with Crippen LogP contribution in [0.15, 0.2) is 42.5 Å². The summed E-state index contributed by atoms with van der Waals surface area (Å²) in [4.78, 5) is 34.9. The van der Waals surface area contributed by atoms with Crippen molar-refractivity contribution in [2.24, 2.45) is 5.92 Å². The first-order chi connectivity index (χ1) is 16.6. The molecule has 0 aliphatic carbocycles. The zero-order valence-corrected chi connectivity index (χ0v) is 20.3. The largest absolute Gasteiger partial charge is 0.465 e. The maximum Gasteiger partial charge on any atom is 0.320 e. The number of carbonyl (C=O) groups excluding carboxylic acids is 2. The number of anilines is 2. The molecule has 34 heavy (non-hydrogen) atoms. The minimum atomic E-state index is -0.216. The molecule has 4 rings (SSSR count). The van der Waals surface area contributed by atoms with E-state index in [-0.39, 0.29) is 30.4 Å². The van der Waals surface area contributed by atoms with Gasteiger partial charge in [-0.2, -0.15) is 0 Å². The van der Waals surface area contributed by atoms with Crippen molar-refractivity contribution in [2.45, 2.75) is 52.0 Å². The molecule has 0 radical (unpaired) electrons. The molecule has 7 nitrogen and oxygen atoms in total. The molecule has 182 valence electrons. The summed E-state index contributed by atoms with van der Waals surface area (Å²) in [5, 5.41) is 3.38. The van der Waals surface area contributed by atoms with E-state index in [1.807, 2.05) is 36.1 Å². The number of aromatic nitrogens is 1. The van der Waals surface area contributed by atoms with Crippen LogP contribution in [0.25, 0.3) is 0 Å². The molecule has 1 amide bonds. The molecule has 2 aliphatic rings. The average Bonchev–Trinajstić information content (AvgIpc) is 2.87. The summed E-state index contributed by atoms with van der Waals surface area (Å²) in [6.45, 7) is 6.76. The van der Waals surface area contributed by atoms with Crippen molar-refractivity contribution in [2.75, 3.05) is 43.0 Å². The summed E-state index contributed by atoms with van der Waals surface area (Å²) in [5.74, 6) is 1.42. The fourth-order valence-corrected chi connectivity index (χ4v) is 5.07. The van der Waals surface area contributed by atoms with Gasteiger partial charge in [0.05, 0.1) is 13.2 Å². The van der Waals surface area contributed by atoms with Gasteiger partial charge in [0.2, 0.25) is 5.91 Å². The van der Waals surface area contributed by atoms with Crippen LogP contribution in [-0.4, -0.2) is 54.5 Å². The van der Waals surface area contributed by atoms with Crippen LogP contribution in [0.3, 0.4) is 0 Å². The Hall–Kier alpha value is -2.93. The van der Waals surface area contributed by atoms with Crippen molar-refractivity contribution < 1.29 is 14.3 Å². The smallest absolute Gasteiger partial charge is 0.320 e. The third-order valence-electron chi connectivity index (χ3n) is 6.75. The molecule has 7 heteroatoms. The molecule has 0 spiro atoms. The maximum absolute atomic E-state index is 13.8. The number of rotatable bonds is 8. The molecule has 2 unspecified atom stereocenters. The van der Waals surface area contributed by atoms with Crippen LogP contribution in [0.4, 0.5) is 11.6 Å². The molecule has 1 fully saturated rings. The van der Waals surface area contributed by atoms with Crippen molar-refractivity contribution in [1.82, 2.24) is 9.88 Å². The van der Waals surface area contributed by atoms with Gasteiger partial charge in [0.15, 0.2) is 0 Å². The number of nitrogens with zero attached hydrogens (tertiary/aromatic N) is 3. The molecule has 3 heterocycles. The second-order valence-electron chi connectivity index (χ2n) is 9.12. The van der Waals surface area contributed by atoms with E-state index in [1.165, 1.54) is 5.56 Å². The second-order valence-corrected chi connectivity index (χ2v) is 9.12. The normalized spacial score (nSPS) is 20.2. The van der Waals surface area contributed by atoms with Gasteiger partial charge in [-0.1, -0.05) is 43.3 Å². The Balaban J connectivity index is 1.55. The third kappa shape index (κ3) is 5.58. The van der Waals surface area contributed by atoms with E-state index >= 15 is 0 Å². The predicted octanol–water partition coefficient (Wildman–Crippen LogP) is 4.20. The van der Waals surface area contributed by atoms with Crippen LogP contribution in [0.1, 0.15) is 56.7 Å². The molecule has 2 aliphatic heterocycles. The molecule has 0 bridgehead atoms. The van der Waals surface area contributed by atoms with Gasteiger partial charge in [-0.3, -0.25) is 19.4 Å². The number of ether oxygens (including phenoxy) is 1. The summed E-state index contributed by atoms with van der Waals surface area (Å²) in [6, 6.07) is 14.3. The van der Waals surface area contributed by atoms with Crippen molar-refractivity contribution in [1.29, 1.82) is 0 Å². The molecule has 0 saturated carbocycles. The SMILES string of the molecule is CCCN(C(=O)C1CCN(CC(=O)OCC)C(c2ccccc2)C1)c1ccc2c(n1)NCCC2. The molecule has 1 N–H and O–H groups in total. The average molecular weight is 465 g/mol. The summed E-state index contributed by atoms with van der Waals surface area (Å²) < 4.78 is 5.21. The van der Waals surface area contributed by atoms with Crippen LogP contribution in [0.2, 0.25) is 0 Å². The van der Waals surface area contributed by atoms with E-state index in [4.69, 9.17) is 9.72 Å². The van der Waals surface area contributed by atoms with Gasteiger partial charge in [0.1, 0.15) is 11.6 Å². The lowest BCUT2D eigenvalue weighted by molar-refractivity contribution is -0.145. The highest BCUT2D eigenvalue weighted by atomic mass is 16.5. The van der Waals surface area contributed by atoms with Crippen LogP contribution >= 0.6 is 0 Å². The minimum Gasteiger partial charge on any atom is -0.465 e. The standard InChI is InChI=1S/C27H36N4O3/c1-3-16-31(24-13-12-21-11-8-15-28-26(21)29-24)27(33)22-14-17-30(19-25(32)34-4-2)23(18-22)20-9-6-5-7-10-20/h5-7,9-10,12-13,22-23H,3-4,8,11,14-19H2,1-2H3,(H,28,29).